The first-order chi connectivity index (χ1) is 10.1. The molecule has 3 aromatic rings. The zero-order valence-corrected chi connectivity index (χ0v) is 13.6. The number of hydrogen-bond donors (Lipinski definition) is 0. The van der Waals surface area contributed by atoms with Crippen LogP contribution in [0, 0.1) is 13.8 Å². The van der Waals surface area contributed by atoms with E-state index in [1.807, 2.05) is 62.4 Å². The molecule has 0 heterocycles. The molecule has 0 saturated heterocycles. The summed E-state index contributed by atoms with van der Waals surface area (Å²) < 4.78 is 1.01. The molecule has 104 valence electrons. The van der Waals surface area contributed by atoms with Crippen LogP contribution < -0.4 is 0 Å². The van der Waals surface area contributed by atoms with Gasteiger partial charge in [0.25, 0.3) is 0 Å². The monoisotopic (exact) mass is 338 g/mol. The third-order valence-corrected chi connectivity index (χ3v) is 4.29. The molecule has 21 heavy (non-hydrogen) atoms. The van der Waals surface area contributed by atoms with Crippen LogP contribution in [-0.2, 0) is 0 Å². The van der Waals surface area contributed by atoms with E-state index in [4.69, 9.17) is 0 Å². The highest BCUT2D eigenvalue weighted by molar-refractivity contribution is 9.10. The van der Waals surface area contributed by atoms with Gasteiger partial charge in [-0.1, -0.05) is 57.4 Å². The molecule has 0 fully saturated rings. The lowest BCUT2D eigenvalue weighted by Crippen LogP contribution is -2.03. The molecule has 0 aliphatic heterocycles. The van der Waals surface area contributed by atoms with Crippen molar-refractivity contribution in [1.82, 2.24) is 0 Å². The highest BCUT2D eigenvalue weighted by atomic mass is 79.9. The van der Waals surface area contributed by atoms with E-state index in [1.165, 1.54) is 0 Å². The summed E-state index contributed by atoms with van der Waals surface area (Å²) in [6.45, 7) is 4.03. The Morgan fingerprint density at radius 2 is 1.48 bits per heavy atom. The molecule has 0 unspecified atom stereocenters. The van der Waals surface area contributed by atoms with Crippen molar-refractivity contribution in [2.75, 3.05) is 0 Å². The van der Waals surface area contributed by atoms with Gasteiger partial charge < -0.3 is 0 Å². The van der Waals surface area contributed by atoms with Crippen molar-refractivity contribution >= 4 is 32.5 Å². The first-order valence-corrected chi connectivity index (χ1v) is 7.66. The fraction of sp³-hybridized carbons (Fsp3) is 0.105. The standard InChI is InChI=1S/C19H15BrO/c1-12-9-13(2)11-14(10-12)19(21)17-7-8-18(20)16-6-4-3-5-15(16)17/h3-11H,1-2H3. The van der Waals surface area contributed by atoms with E-state index in [0.717, 1.165) is 37.5 Å². The van der Waals surface area contributed by atoms with Gasteiger partial charge in [-0.2, -0.15) is 0 Å². The average molecular weight is 339 g/mol. The predicted octanol–water partition coefficient (Wildman–Crippen LogP) is 5.45. The summed E-state index contributed by atoms with van der Waals surface area (Å²) in [7, 11) is 0. The first-order valence-electron chi connectivity index (χ1n) is 6.86. The van der Waals surface area contributed by atoms with E-state index >= 15 is 0 Å². The minimum atomic E-state index is 0.0745. The lowest BCUT2D eigenvalue weighted by atomic mass is 9.95. The number of carbonyl (C=O) groups is 1. The zero-order chi connectivity index (χ0) is 15.0. The summed E-state index contributed by atoms with van der Waals surface area (Å²) in [5.41, 5.74) is 3.72. The number of carbonyl (C=O) groups excluding carboxylic acids is 1. The van der Waals surface area contributed by atoms with Crippen molar-refractivity contribution in [3.8, 4) is 0 Å². The fourth-order valence-corrected chi connectivity index (χ4v) is 3.20. The Labute approximate surface area is 132 Å². The minimum absolute atomic E-state index is 0.0745. The van der Waals surface area contributed by atoms with Crippen molar-refractivity contribution < 1.29 is 4.79 Å². The van der Waals surface area contributed by atoms with Gasteiger partial charge in [0.1, 0.15) is 0 Å². The van der Waals surface area contributed by atoms with Crippen LogP contribution in [0.1, 0.15) is 27.0 Å². The lowest BCUT2D eigenvalue weighted by molar-refractivity contribution is 0.104. The van der Waals surface area contributed by atoms with E-state index in [0.29, 0.717) is 0 Å². The Morgan fingerprint density at radius 1 is 0.857 bits per heavy atom. The Balaban J connectivity index is 2.20. The molecule has 0 aromatic heterocycles. The van der Waals surface area contributed by atoms with Crippen LogP contribution in [0.15, 0.2) is 59.1 Å². The molecule has 0 amide bonds. The number of aryl methyl sites for hydroxylation is 2. The van der Waals surface area contributed by atoms with E-state index in [9.17, 15) is 4.79 Å². The average Bonchev–Trinajstić information content (AvgIpc) is 2.46. The third-order valence-electron chi connectivity index (χ3n) is 3.60. The molecule has 0 bridgehead atoms. The molecular formula is C19H15BrO. The van der Waals surface area contributed by atoms with Gasteiger partial charge in [-0.15, -0.1) is 0 Å². The summed E-state index contributed by atoms with van der Waals surface area (Å²) in [6.07, 6.45) is 0. The second-order valence-electron chi connectivity index (χ2n) is 5.35. The van der Waals surface area contributed by atoms with Crippen LogP contribution in [0.3, 0.4) is 0 Å². The second-order valence-corrected chi connectivity index (χ2v) is 6.20. The van der Waals surface area contributed by atoms with E-state index in [2.05, 4.69) is 22.0 Å². The molecule has 3 rings (SSSR count). The highest BCUT2D eigenvalue weighted by Crippen LogP contribution is 2.28. The second kappa shape index (κ2) is 5.45. The number of hydrogen-bond acceptors (Lipinski definition) is 1. The Kier molecular flexibility index (Phi) is 3.64. The number of rotatable bonds is 2. The quantitative estimate of drug-likeness (QED) is 0.568. The SMILES string of the molecule is Cc1cc(C)cc(C(=O)c2ccc(Br)c3ccccc23)c1. The molecule has 0 aliphatic rings. The Hall–Kier alpha value is -1.93. The summed E-state index contributed by atoms with van der Waals surface area (Å²) >= 11 is 3.55. The van der Waals surface area contributed by atoms with E-state index in [-0.39, 0.29) is 5.78 Å². The molecule has 3 aromatic carbocycles. The van der Waals surface area contributed by atoms with Crippen LogP contribution in [0.4, 0.5) is 0 Å². The number of benzene rings is 3. The van der Waals surface area contributed by atoms with Crippen LogP contribution in [0.2, 0.25) is 0 Å². The molecule has 0 aliphatic carbocycles. The summed E-state index contributed by atoms with van der Waals surface area (Å²) in [6, 6.07) is 17.8. The third kappa shape index (κ3) is 2.64. The maximum Gasteiger partial charge on any atom is 0.193 e. The molecule has 0 spiro atoms. The fourth-order valence-electron chi connectivity index (χ4n) is 2.72. The van der Waals surface area contributed by atoms with Gasteiger partial charge in [0.2, 0.25) is 0 Å². The summed E-state index contributed by atoms with van der Waals surface area (Å²) in [4.78, 5) is 12.9. The van der Waals surface area contributed by atoms with Gasteiger partial charge in [-0.05, 0) is 48.9 Å². The van der Waals surface area contributed by atoms with Gasteiger partial charge >= 0.3 is 0 Å². The van der Waals surface area contributed by atoms with Crippen molar-refractivity contribution in [3.05, 3.63) is 81.3 Å². The first kappa shape index (κ1) is 14.0. The lowest BCUT2D eigenvalue weighted by Gasteiger charge is -2.09. The molecular weight excluding hydrogens is 324 g/mol. The largest absolute Gasteiger partial charge is 0.289 e. The normalized spacial score (nSPS) is 10.8. The molecule has 0 N–H and O–H groups in total. The van der Waals surface area contributed by atoms with Crippen LogP contribution >= 0.6 is 15.9 Å². The molecule has 0 atom stereocenters. The van der Waals surface area contributed by atoms with Gasteiger partial charge in [-0.3, -0.25) is 4.79 Å². The zero-order valence-electron chi connectivity index (χ0n) is 12.0. The highest BCUT2D eigenvalue weighted by Gasteiger charge is 2.14. The Bertz CT molecular complexity index is 829. The Morgan fingerprint density at radius 3 is 2.14 bits per heavy atom. The van der Waals surface area contributed by atoms with Gasteiger partial charge in [0, 0.05) is 15.6 Å². The number of ketones is 1. The predicted molar refractivity (Wildman–Crippen MR) is 91.0 cm³/mol. The van der Waals surface area contributed by atoms with Crippen LogP contribution in [-0.4, -0.2) is 5.78 Å². The van der Waals surface area contributed by atoms with Crippen molar-refractivity contribution in [3.63, 3.8) is 0 Å². The van der Waals surface area contributed by atoms with Crippen molar-refractivity contribution in [2.24, 2.45) is 0 Å². The van der Waals surface area contributed by atoms with E-state index in [1.54, 1.807) is 0 Å². The van der Waals surface area contributed by atoms with Gasteiger partial charge in [-0.25, -0.2) is 0 Å². The molecule has 2 heteroatoms. The summed E-state index contributed by atoms with van der Waals surface area (Å²) in [5.74, 6) is 0.0745. The minimum Gasteiger partial charge on any atom is -0.289 e. The van der Waals surface area contributed by atoms with Gasteiger partial charge in [0.15, 0.2) is 5.78 Å². The topological polar surface area (TPSA) is 17.1 Å². The maximum atomic E-state index is 12.9. The number of fused-ring (bicyclic) bond motifs is 1. The molecule has 0 saturated carbocycles. The van der Waals surface area contributed by atoms with Gasteiger partial charge in [0.05, 0.1) is 0 Å². The number of halogens is 1. The summed E-state index contributed by atoms with van der Waals surface area (Å²) in [5, 5.41) is 2.05. The smallest absolute Gasteiger partial charge is 0.193 e. The van der Waals surface area contributed by atoms with Crippen LogP contribution in [0.5, 0.6) is 0 Å². The maximum absolute atomic E-state index is 12.9. The van der Waals surface area contributed by atoms with Crippen molar-refractivity contribution in [1.29, 1.82) is 0 Å². The molecule has 1 nitrogen and oxygen atoms in total. The van der Waals surface area contributed by atoms with Crippen LogP contribution in [0.25, 0.3) is 10.8 Å². The van der Waals surface area contributed by atoms with Crippen molar-refractivity contribution in [2.45, 2.75) is 13.8 Å². The van der Waals surface area contributed by atoms with E-state index < -0.39 is 0 Å². The molecule has 0 radical (unpaired) electrons.